The van der Waals surface area contributed by atoms with Crippen molar-refractivity contribution in [3.05, 3.63) is 94.4 Å². The van der Waals surface area contributed by atoms with Crippen LogP contribution in [0.1, 0.15) is 36.6 Å². The summed E-state index contributed by atoms with van der Waals surface area (Å²) in [6.07, 6.45) is 10.7. The van der Waals surface area contributed by atoms with Crippen LogP contribution in [-0.4, -0.2) is 19.1 Å². The predicted molar refractivity (Wildman–Crippen MR) is 124 cm³/mol. The normalized spacial score (nSPS) is 12.5. The fraction of sp³-hybridized carbons (Fsp3) is 0.192. The molecule has 0 aliphatic heterocycles. The number of rotatable bonds is 4. The Morgan fingerprint density at radius 2 is 1.90 bits per heavy atom. The highest BCUT2D eigenvalue weighted by molar-refractivity contribution is 5.72. The molecule has 4 aromatic rings. The smallest absolute Gasteiger partial charge is 0.301 e. The summed E-state index contributed by atoms with van der Waals surface area (Å²) in [6, 6.07) is 14.3. The number of imidazole rings is 1. The summed E-state index contributed by atoms with van der Waals surface area (Å²) in [5, 5.41) is 0. The lowest BCUT2D eigenvalue weighted by Crippen LogP contribution is -2.21. The maximum Gasteiger partial charge on any atom is 0.333 e. The van der Waals surface area contributed by atoms with Gasteiger partial charge in [-0.15, -0.1) is 0 Å². The molecule has 3 aromatic heterocycles. The number of aromatic nitrogens is 4. The average Bonchev–Trinajstić information content (AvgIpc) is 3.37. The van der Waals surface area contributed by atoms with Gasteiger partial charge in [-0.3, -0.25) is 14.5 Å². The first-order valence-corrected chi connectivity index (χ1v) is 10.5. The Morgan fingerprint density at radius 3 is 2.74 bits per heavy atom. The summed E-state index contributed by atoms with van der Waals surface area (Å²) in [6.45, 7) is 4.30. The average molecular weight is 409 g/mol. The summed E-state index contributed by atoms with van der Waals surface area (Å²) in [5.74, 6) is 0.380. The summed E-state index contributed by atoms with van der Waals surface area (Å²) in [5.41, 5.74) is 7.82. The quantitative estimate of drug-likeness (QED) is 0.478. The predicted octanol–water partition coefficient (Wildman–Crippen LogP) is 4.99. The topological polar surface area (TPSA) is 52.7 Å². The minimum absolute atomic E-state index is 0.0903. The highest BCUT2D eigenvalue weighted by Crippen LogP contribution is 2.28. The number of nitrogens with zero attached hydrogens (tertiary/aromatic N) is 4. The van der Waals surface area contributed by atoms with Gasteiger partial charge in [0, 0.05) is 37.6 Å². The molecule has 31 heavy (non-hydrogen) atoms. The van der Waals surface area contributed by atoms with Gasteiger partial charge in [0.1, 0.15) is 0 Å². The van der Waals surface area contributed by atoms with Crippen LogP contribution in [-0.2, 0) is 13.5 Å². The van der Waals surface area contributed by atoms with Crippen molar-refractivity contribution in [2.75, 3.05) is 0 Å². The van der Waals surface area contributed by atoms with E-state index >= 15 is 0 Å². The first-order valence-electron chi connectivity index (χ1n) is 10.5. The molecule has 0 fully saturated rings. The molecule has 3 heterocycles. The molecule has 0 saturated heterocycles. The molecule has 1 aliphatic carbocycles. The molecule has 0 amide bonds. The number of aryl methyl sites for hydroxylation is 1. The third kappa shape index (κ3) is 3.42. The van der Waals surface area contributed by atoms with Gasteiger partial charge in [-0.05, 0) is 52.9 Å². The molecule has 5 heteroatoms. The molecule has 0 radical (unpaired) electrons. The lowest BCUT2D eigenvalue weighted by molar-refractivity contribution is 0.819. The van der Waals surface area contributed by atoms with Crippen molar-refractivity contribution in [2.24, 2.45) is 7.05 Å². The lowest BCUT2D eigenvalue weighted by atomic mass is 10.0. The second kappa shape index (κ2) is 7.51. The molecule has 1 aliphatic rings. The molecular formula is C26H24N4O. The number of hydrogen-bond donors (Lipinski definition) is 0. The van der Waals surface area contributed by atoms with Gasteiger partial charge in [0.25, 0.3) is 0 Å². The van der Waals surface area contributed by atoms with E-state index in [2.05, 4.69) is 54.2 Å². The third-order valence-electron chi connectivity index (χ3n) is 5.81. The lowest BCUT2D eigenvalue weighted by Gasteiger charge is -2.11. The van der Waals surface area contributed by atoms with Crippen LogP contribution >= 0.6 is 0 Å². The van der Waals surface area contributed by atoms with Crippen LogP contribution in [0, 0.1) is 0 Å². The molecule has 0 spiro atoms. The minimum Gasteiger partial charge on any atom is -0.301 e. The zero-order valence-corrected chi connectivity index (χ0v) is 17.9. The van der Waals surface area contributed by atoms with Crippen molar-refractivity contribution in [1.29, 1.82) is 0 Å². The summed E-state index contributed by atoms with van der Waals surface area (Å²) in [7, 11) is 1.77. The molecule has 0 saturated carbocycles. The second-order valence-corrected chi connectivity index (χ2v) is 8.29. The molecule has 0 N–H and O–H groups in total. The van der Waals surface area contributed by atoms with Crippen LogP contribution < -0.4 is 5.69 Å². The summed E-state index contributed by atoms with van der Waals surface area (Å²) in [4.78, 5) is 22.2. The Hall–Kier alpha value is -3.73. The van der Waals surface area contributed by atoms with E-state index in [4.69, 9.17) is 0 Å². The van der Waals surface area contributed by atoms with Gasteiger partial charge in [0.05, 0.1) is 22.8 Å². The number of hydrogen-bond acceptors (Lipinski definition) is 3. The van der Waals surface area contributed by atoms with Gasteiger partial charge in [-0.2, -0.15) is 0 Å². The zero-order chi connectivity index (χ0) is 21.5. The summed E-state index contributed by atoms with van der Waals surface area (Å²) < 4.78 is 3.34. The van der Waals surface area contributed by atoms with Crippen molar-refractivity contribution in [2.45, 2.75) is 26.2 Å². The fourth-order valence-electron chi connectivity index (χ4n) is 4.04. The highest BCUT2D eigenvalue weighted by atomic mass is 16.1. The largest absolute Gasteiger partial charge is 0.333 e. The van der Waals surface area contributed by atoms with E-state index in [1.807, 2.05) is 36.7 Å². The Balaban J connectivity index is 1.63. The van der Waals surface area contributed by atoms with Crippen LogP contribution in [0.15, 0.2) is 71.9 Å². The SMILES string of the molecule is CC(C)c1cccc(-n2c(-c3cc(-c4cnc5c(c4)C=CC5)ccn3)cn(C)c2=O)c1. The van der Waals surface area contributed by atoms with Crippen LogP contribution in [0.5, 0.6) is 0 Å². The van der Waals surface area contributed by atoms with Crippen molar-refractivity contribution >= 4 is 6.08 Å². The van der Waals surface area contributed by atoms with E-state index in [-0.39, 0.29) is 5.69 Å². The van der Waals surface area contributed by atoms with Crippen LogP contribution in [0.3, 0.4) is 0 Å². The van der Waals surface area contributed by atoms with Gasteiger partial charge in [0.2, 0.25) is 0 Å². The van der Waals surface area contributed by atoms with E-state index in [0.717, 1.165) is 45.9 Å². The molecule has 0 unspecified atom stereocenters. The number of pyridine rings is 2. The van der Waals surface area contributed by atoms with Gasteiger partial charge in [-0.25, -0.2) is 4.79 Å². The molecule has 5 rings (SSSR count). The van der Waals surface area contributed by atoms with Gasteiger partial charge in [0.15, 0.2) is 0 Å². The Bertz CT molecular complexity index is 1370. The highest BCUT2D eigenvalue weighted by Gasteiger charge is 2.16. The van der Waals surface area contributed by atoms with E-state index < -0.39 is 0 Å². The summed E-state index contributed by atoms with van der Waals surface area (Å²) >= 11 is 0. The number of fused-ring (bicyclic) bond motifs is 1. The van der Waals surface area contributed by atoms with Crippen molar-refractivity contribution < 1.29 is 0 Å². The monoisotopic (exact) mass is 408 g/mol. The van der Waals surface area contributed by atoms with Crippen LogP contribution in [0.4, 0.5) is 0 Å². The molecule has 1 aromatic carbocycles. The van der Waals surface area contributed by atoms with E-state index in [9.17, 15) is 4.79 Å². The molecule has 154 valence electrons. The molecule has 0 atom stereocenters. The fourth-order valence-corrected chi connectivity index (χ4v) is 4.04. The standard InChI is InChI=1S/C26H24N4O/c1-17(2)18-6-4-8-22(13-18)30-25(16-29(3)26(30)31)24-14-19(10-11-27-24)21-12-20-7-5-9-23(20)28-15-21/h4-8,10-17H,9H2,1-3H3. The Kier molecular flexibility index (Phi) is 4.66. The first-order chi connectivity index (χ1) is 15.0. The molecular weight excluding hydrogens is 384 g/mol. The first kappa shape index (κ1) is 19.2. The maximum absolute atomic E-state index is 13.0. The van der Waals surface area contributed by atoms with Gasteiger partial charge >= 0.3 is 5.69 Å². The van der Waals surface area contributed by atoms with Gasteiger partial charge in [-0.1, -0.05) is 38.1 Å². The Morgan fingerprint density at radius 1 is 1.03 bits per heavy atom. The van der Waals surface area contributed by atoms with E-state index in [1.165, 1.54) is 5.56 Å². The zero-order valence-electron chi connectivity index (χ0n) is 17.9. The van der Waals surface area contributed by atoms with Crippen molar-refractivity contribution in [3.8, 4) is 28.2 Å². The minimum atomic E-state index is -0.0903. The van der Waals surface area contributed by atoms with Crippen LogP contribution in [0.25, 0.3) is 34.3 Å². The molecule has 5 nitrogen and oxygen atoms in total. The van der Waals surface area contributed by atoms with E-state index in [1.54, 1.807) is 22.4 Å². The van der Waals surface area contributed by atoms with Crippen molar-refractivity contribution in [3.63, 3.8) is 0 Å². The number of benzene rings is 1. The van der Waals surface area contributed by atoms with Crippen LogP contribution in [0.2, 0.25) is 0 Å². The van der Waals surface area contributed by atoms with Crippen molar-refractivity contribution in [1.82, 2.24) is 19.1 Å². The van der Waals surface area contributed by atoms with Gasteiger partial charge < -0.3 is 4.57 Å². The third-order valence-corrected chi connectivity index (χ3v) is 5.81. The maximum atomic E-state index is 13.0. The second-order valence-electron chi connectivity index (χ2n) is 8.29. The Labute approximate surface area is 181 Å². The molecule has 0 bridgehead atoms. The number of allylic oxidation sites excluding steroid dienone is 1. The van der Waals surface area contributed by atoms with E-state index in [0.29, 0.717) is 5.92 Å².